The summed E-state index contributed by atoms with van der Waals surface area (Å²) in [6, 6.07) is 2.80. The third-order valence-electron chi connectivity index (χ3n) is 2.69. The maximum absolute atomic E-state index is 11.1. The van der Waals surface area contributed by atoms with Gasteiger partial charge in [-0.2, -0.15) is 4.89 Å². The van der Waals surface area contributed by atoms with Gasteiger partial charge in [-0.15, -0.1) is 0 Å². The van der Waals surface area contributed by atoms with Crippen molar-refractivity contribution in [2.45, 2.75) is 12.8 Å². The van der Waals surface area contributed by atoms with Crippen LogP contribution in [0.4, 0.5) is 10.5 Å². The molecular formula is C11H10ClNO7. The van der Waals surface area contributed by atoms with Crippen molar-refractivity contribution in [1.29, 1.82) is 0 Å². The summed E-state index contributed by atoms with van der Waals surface area (Å²) < 4.78 is 10.3. The van der Waals surface area contributed by atoms with E-state index in [1.54, 1.807) is 6.92 Å². The maximum atomic E-state index is 11.1. The Bertz CT molecular complexity index is 548. The first kappa shape index (κ1) is 14.4. The van der Waals surface area contributed by atoms with Gasteiger partial charge in [-0.1, -0.05) is 6.92 Å². The minimum atomic E-state index is -1.11. The molecule has 9 heteroatoms. The van der Waals surface area contributed by atoms with Crippen molar-refractivity contribution in [3.63, 3.8) is 0 Å². The zero-order chi connectivity index (χ0) is 14.7. The fraction of sp³-hybridized carbons (Fsp3) is 0.364. The second-order valence-electron chi connectivity index (χ2n) is 4.03. The summed E-state index contributed by atoms with van der Waals surface area (Å²) in [7, 11) is 0. The molecule has 0 bridgehead atoms. The molecule has 0 spiro atoms. The molecule has 1 aliphatic rings. The molecule has 1 aliphatic heterocycles. The molecule has 0 saturated heterocycles. The Morgan fingerprint density at radius 3 is 2.75 bits per heavy atom. The summed E-state index contributed by atoms with van der Waals surface area (Å²) in [5, 5.41) is 11.1. The Morgan fingerprint density at radius 2 is 2.15 bits per heavy atom. The molecule has 2 rings (SSSR count). The Balaban J connectivity index is 2.20. The summed E-state index contributed by atoms with van der Waals surface area (Å²) in [5.74, 6) is 0.327. The summed E-state index contributed by atoms with van der Waals surface area (Å²) in [4.78, 5) is 29.6. The predicted molar refractivity (Wildman–Crippen MR) is 65.9 cm³/mol. The normalized spacial score (nSPS) is 13.9. The Hall–Kier alpha value is -2.06. The second kappa shape index (κ2) is 5.93. The Labute approximate surface area is 118 Å². The van der Waals surface area contributed by atoms with E-state index in [4.69, 9.17) is 21.1 Å². The zero-order valence-corrected chi connectivity index (χ0v) is 11.1. The fourth-order valence-corrected chi connectivity index (χ4v) is 1.82. The van der Waals surface area contributed by atoms with E-state index in [1.807, 2.05) is 0 Å². The van der Waals surface area contributed by atoms with Crippen LogP contribution in [0.2, 0.25) is 0 Å². The SMILES string of the molecule is CC(COOC(=O)Cl)c1cc2c(cc1[N+](=O)[O-])OCO2. The first-order chi connectivity index (χ1) is 9.49. The van der Waals surface area contributed by atoms with E-state index in [0.29, 0.717) is 17.1 Å². The van der Waals surface area contributed by atoms with Crippen LogP contribution in [0, 0.1) is 10.1 Å². The molecule has 1 aromatic rings. The molecule has 0 aromatic heterocycles. The number of ether oxygens (including phenoxy) is 2. The first-order valence-electron chi connectivity index (χ1n) is 5.56. The van der Waals surface area contributed by atoms with Gasteiger partial charge in [-0.3, -0.25) is 15.0 Å². The van der Waals surface area contributed by atoms with Gasteiger partial charge in [0.25, 0.3) is 5.69 Å². The van der Waals surface area contributed by atoms with Crippen LogP contribution >= 0.6 is 11.6 Å². The predicted octanol–water partition coefficient (Wildman–Crippen LogP) is 2.73. The lowest BCUT2D eigenvalue weighted by atomic mass is 9.99. The smallest absolute Gasteiger partial charge is 0.435 e. The number of fused-ring (bicyclic) bond motifs is 1. The lowest BCUT2D eigenvalue weighted by molar-refractivity contribution is -0.385. The Morgan fingerprint density at radius 1 is 1.50 bits per heavy atom. The number of nitrogens with zero attached hydrogens (tertiary/aromatic N) is 1. The van der Waals surface area contributed by atoms with Crippen molar-refractivity contribution < 1.29 is 29.0 Å². The van der Waals surface area contributed by atoms with Crippen LogP contribution in [-0.2, 0) is 9.78 Å². The molecule has 1 heterocycles. The van der Waals surface area contributed by atoms with Gasteiger partial charge < -0.3 is 9.47 Å². The number of rotatable bonds is 5. The highest BCUT2D eigenvalue weighted by atomic mass is 35.5. The number of carbonyl (C=O) groups is 1. The summed E-state index contributed by atoms with van der Waals surface area (Å²) >= 11 is 4.93. The van der Waals surface area contributed by atoms with Gasteiger partial charge in [0.15, 0.2) is 11.5 Å². The van der Waals surface area contributed by atoms with Gasteiger partial charge in [0.1, 0.15) is 6.61 Å². The topological polar surface area (TPSA) is 97.1 Å². The first-order valence-corrected chi connectivity index (χ1v) is 5.93. The number of carbonyl (C=O) groups excluding carboxylic acids is 1. The molecule has 0 aliphatic carbocycles. The van der Waals surface area contributed by atoms with Gasteiger partial charge in [-0.05, 0) is 6.07 Å². The monoisotopic (exact) mass is 303 g/mol. The molecule has 0 saturated carbocycles. The van der Waals surface area contributed by atoms with E-state index in [1.165, 1.54) is 12.1 Å². The molecule has 0 N–H and O–H groups in total. The average Bonchev–Trinajstić information content (AvgIpc) is 2.83. The van der Waals surface area contributed by atoms with E-state index in [9.17, 15) is 14.9 Å². The van der Waals surface area contributed by atoms with Crippen LogP contribution < -0.4 is 9.47 Å². The summed E-state index contributed by atoms with van der Waals surface area (Å²) in [6.45, 7) is 1.61. The summed E-state index contributed by atoms with van der Waals surface area (Å²) in [5.41, 5.74) is -0.857. The molecule has 1 unspecified atom stereocenters. The van der Waals surface area contributed by atoms with Crippen LogP contribution in [0.5, 0.6) is 11.5 Å². The average molecular weight is 304 g/mol. The van der Waals surface area contributed by atoms with Crippen LogP contribution in [0.1, 0.15) is 18.4 Å². The number of benzene rings is 1. The molecule has 0 amide bonds. The van der Waals surface area contributed by atoms with Crippen molar-refractivity contribution in [1.82, 2.24) is 0 Å². The van der Waals surface area contributed by atoms with Gasteiger partial charge in [0.05, 0.1) is 11.0 Å². The van der Waals surface area contributed by atoms with E-state index in [2.05, 4.69) is 9.78 Å². The van der Waals surface area contributed by atoms with E-state index in [0.717, 1.165) is 0 Å². The third-order valence-corrected chi connectivity index (χ3v) is 2.75. The van der Waals surface area contributed by atoms with Gasteiger partial charge in [-0.25, -0.2) is 4.79 Å². The largest absolute Gasteiger partial charge is 0.454 e. The molecule has 108 valence electrons. The van der Waals surface area contributed by atoms with Crippen LogP contribution in [0.25, 0.3) is 0 Å². The van der Waals surface area contributed by atoms with Crippen LogP contribution in [0.3, 0.4) is 0 Å². The van der Waals surface area contributed by atoms with Crippen molar-refractivity contribution in [3.05, 3.63) is 27.8 Å². The highest BCUT2D eigenvalue weighted by Crippen LogP contribution is 2.40. The lowest BCUT2D eigenvalue weighted by Crippen LogP contribution is -2.08. The number of nitro groups is 1. The minimum absolute atomic E-state index is 0.0185. The summed E-state index contributed by atoms with van der Waals surface area (Å²) in [6.07, 6.45) is 0. The highest BCUT2D eigenvalue weighted by molar-refractivity contribution is 6.61. The van der Waals surface area contributed by atoms with Crippen molar-refractivity contribution in [2.75, 3.05) is 13.4 Å². The molecular weight excluding hydrogens is 294 g/mol. The quantitative estimate of drug-likeness (QED) is 0.357. The van der Waals surface area contributed by atoms with Gasteiger partial charge >= 0.3 is 5.43 Å². The van der Waals surface area contributed by atoms with Gasteiger partial charge in [0.2, 0.25) is 6.79 Å². The van der Waals surface area contributed by atoms with Crippen molar-refractivity contribution >= 4 is 22.7 Å². The number of hydrogen-bond donors (Lipinski definition) is 0. The molecule has 0 fully saturated rings. The number of halogens is 1. The standard InChI is InChI=1S/C11H10ClNO7/c1-6(4-19-20-11(12)14)7-2-9-10(18-5-17-9)3-8(7)13(15)16/h2-3,6H,4-5H2,1H3. The molecule has 20 heavy (non-hydrogen) atoms. The van der Waals surface area contributed by atoms with E-state index < -0.39 is 16.3 Å². The van der Waals surface area contributed by atoms with Crippen molar-refractivity contribution in [3.8, 4) is 11.5 Å². The van der Waals surface area contributed by atoms with E-state index >= 15 is 0 Å². The number of nitro benzene ring substituents is 1. The minimum Gasteiger partial charge on any atom is -0.454 e. The zero-order valence-electron chi connectivity index (χ0n) is 10.3. The Kier molecular flexibility index (Phi) is 4.26. The molecule has 1 atom stereocenters. The lowest BCUT2D eigenvalue weighted by Gasteiger charge is -2.11. The third kappa shape index (κ3) is 3.09. The second-order valence-corrected chi connectivity index (χ2v) is 4.34. The fourth-order valence-electron chi connectivity index (χ4n) is 1.77. The maximum Gasteiger partial charge on any atom is 0.435 e. The molecule has 1 aromatic carbocycles. The van der Waals surface area contributed by atoms with Gasteiger partial charge in [0, 0.05) is 23.1 Å². The van der Waals surface area contributed by atoms with Crippen molar-refractivity contribution in [2.24, 2.45) is 0 Å². The highest BCUT2D eigenvalue weighted by Gasteiger charge is 2.26. The molecule has 8 nitrogen and oxygen atoms in total. The van der Waals surface area contributed by atoms with E-state index in [-0.39, 0.29) is 19.1 Å². The number of hydrogen-bond acceptors (Lipinski definition) is 7. The van der Waals surface area contributed by atoms with Crippen LogP contribution in [0.15, 0.2) is 12.1 Å². The molecule has 0 radical (unpaired) electrons. The van der Waals surface area contributed by atoms with Crippen LogP contribution in [-0.4, -0.2) is 23.8 Å².